The zero-order chi connectivity index (χ0) is 16.0. The first kappa shape index (κ1) is 18.3. The Morgan fingerprint density at radius 2 is 1.50 bits per heavy atom. The third-order valence-electron chi connectivity index (χ3n) is 3.56. The highest BCUT2D eigenvalue weighted by molar-refractivity contribution is 5.59. The van der Waals surface area contributed by atoms with Crippen molar-refractivity contribution in [2.75, 3.05) is 13.2 Å². The van der Waals surface area contributed by atoms with E-state index in [1.54, 1.807) is 6.07 Å². The second-order valence-corrected chi connectivity index (χ2v) is 5.55. The van der Waals surface area contributed by atoms with E-state index in [9.17, 15) is 0 Å². The standard InChI is InChI=1S/C18H29N2O2/c1-3-5-7-9-13-21-16-11-12-17(20-19)18(15-16)22-14-10-8-6-4-2/h11-12,15H,3-10,13-14H2,1-2H3/q+1. The molecule has 0 fully saturated rings. The number of ether oxygens (including phenoxy) is 2. The largest absolute Gasteiger partial charge is 0.493 e. The van der Waals surface area contributed by atoms with Crippen LogP contribution in [0.25, 0.3) is 4.98 Å². The van der Waals surface area contributed by atoms with Crippen LogP contribution in [0.5, 0.6) is 11.5 Å². The highest BCUT2D eigenvalue weighted by atomic mass is 16.5. The second kappa shape index (κ2) is 11.9. The molecule has 22 heavy (non-hydrogen) atoms. The molecule has 0 heterocycles. The summed E-state index contributed by atoms with van der Waals surface area (Å²) in [6.07, 6.45) is 9.34. The molecule has 0 amide bonds. The fraction of sp³-hybridized carbons (Fsp3) is 0.667. The van der Waals surface area contributed by atoms with Crippen LogP contribution in [0.1, 0.15) is 65.2 Å². The first-order chi connectivity index (χ1) is 10.8. The average Bonchev–Trinajstić information content (AvgIpc) is 2.54. The summed E-state index contributed by atoms with van der Waals surface area (Å²) in [6.45, 7) is 5.74. The molecule has 0 radical (unpaired) electrons. The Kier molecular flexibility index (Phi) is 9.85. The Bertz CT molecular complexity index is 455. The average molecular weight is 305 g/mol. The van der Waals surface area contributed by atoms with Gasteiger partial charge in [-0.15, -0.1) is 0 Å². The van der Waals surface area contributed by atoms with E-state index < -0.39 is 0 Å². The van der Waals surface area contributed by atoms with E-state index in [-0.39, 0.29) is 0 Å². The summed E-state index contributed by atoms with van der Waals surface area (Å²) in [6, 6.07) is 5.36. The summed E-state index contributed by atoms with van der Waals surface area (Å²) >= 11 is 0. The van der Waals surface area contributed by atoms with Crippen LogP contribution in [0.3, 0.4) is 0 Å². The van der Waals surface area contributed by atoms with Crippen molar-refractivity contribution in [3.05, 3.63) is 23.2 Å². The zero-order valence-electron chi connectivity index (χ0n) is 14.0. The maximum atomic E-state index is 9.03. The van der Waals surface area contributed by atoms with Gasteiger partial charge in [0.2, 0.25) is 11.1 Å². The van der Waals surface area contributed by atoms with Gasteiger partial charge in [0.25, 0.3) is 0 Å². The van der Waals surface area contributed by atoms with E-state index in [0.29, 0.717) is 24.7 Å². The highest BCUT2D eigenvalue weighted by Gasteiger charge is 2.16. The molecule has 1 aromatic rings. The molecule has 0 atom stereocenters. The molecule has 4 heteroatoms. The fourth-order valence-corrected chi connectivity index (χ4v) is 2.21. The number of rotatable bonds is 12. The predicted octanol–water partition coefficient (Wildman–Crippen LogP) is 6.09. The maximum Gasteiger partial charge on any atom is 0.426 e. The Morgan fingerprint density at radius 3 is 2.09 bits per heavy atom. The molecule has 0 aliphatic rings. The minimum atomic E-state index is 0.453. The minimum Gasteiger partial charge on any atom is -0.493 e. The molecule has 122 valence electrons. The van der Waals surface area contributed by atoms with Crippen molar-refractivity contribution in [1.29, 1.82) is 5.39 Å². The molecule has 0 saturated heterocycles. The van der Waals surface area contributed by atoms with Crippen molar-refractivity contribution < 1.29 is 9.47 Å². The monoisotopic (exact) mass is 305 g/mol. The van der Waals surface area contributed by atoms with Gasteiger partial charge in [0.1, 0.15) is 5.75 Å². The molecular weight excluding hydrogens is 276 g/mol. The van der Waals surface area contributed by atoms with Crippen molar-refractivity contribution in [3.8, 4) is 11.5 Å². The summed E-state index contributed by atoms with van der Waals surface area (Å²) in [5.41, 5.74) is 0.453. The van der Waals surface area contributed by atoms with E-state index in [2.05, 4.69) is 18.8 Å². The van der Waals surface area contributed by atoms with Crippen LogP contribution >= 0.6 is 0 Å². The smallest absolute Gasteiger partial charge is 0.426 e. The number of unbranched alkanes of at least 4 members (excludes halogenated alkanes) is 6. The van der Waals surface area contributed by atoms with Crippen molar-refractivity contribution in [2.45, 2.75) is 65.2 Å². The second-order valence-electron chi connectivity index (χ2n) is 5.55. The van der Waals surface area contributed by atoms with Gasteiger partial charge in [-0.3, -0.25) is 0 Å². The molecule has 1 rings (SSSR count). The van der Waals surface area contributed by atoms with Crippen LogP contribution < -0.4 is 9.47 Å². The molecule has 0 aliphatic carbocycles. The van der Waals surface area contributed by atoms with Crippen molar-refractivity contribution >= 4 is 5.69 Å². The number of benzene rings is 1. The lowest BCUT2D eigenvalue weighted by Gasteiger charge is -2.08. The van der Waals surface area contributed by atoms with Crippen LogP contribution in [-0.2, 0) is 0 Å². The maximum absolute atomic E-state index is 9.03. The molecular formula is C18H29N2O2+. The molecule has 0 N–H and O–H groups in total. The summed E-state index contributed by atoms with van der Waals surface area (Å²) in [7, 11) is 0. The predicted molar refractivity (Wildman–Crippen MR) is 90.5 cm³/mol. The molecule has 0 saturated carbocycles. The number of hydrogen-bond donors (Lipinski definition) is 0. The van der Waals surface area contributed by atoms with E-state index in [4.69, 9.17) is 14.9 Å². The fourth-order valence-electron chi connectivity index (χ4n) is 2.21. The lowest BCUT2D eigenvalue weighted by Crippen LogP contribution is -2.00. The molecule has 0 bridgehead atoms. The highest BCUT2D eigenvalue weighted by Crippen LogP contribution is 2.32. The molecule has 0 aliphatic heterocycles. The van der Waals surface area contributed by atoms with Crippen molar-refractivity contribution in [1.82, 2.24) is 0 Å². The van der Waals surface area contributed by atoms with Gasteiger partial charge in [0.05, 0.1) is 13.2 Å². The van der Waals surface area contributed by atoms with Crippen molar-refractivity contribution in [2.24, 2.45) is 0 Å². The van der Waals surface area contributed by atoms with Gasteiger partial charge in [-0.25, -0.2) is 0 Å². The van der Waals surface area contributed by atoms with Gasteiger partial charge in [0.15, 0.2) is 4.98 Å². The van der Waals surface area contributed by atoms with Gasteiger partial charge in [-0.05, 0) is 18.9 Å². The van der Waals surface area contributed by atoms with Crippen LogP contribution in [-0.4, -0.2) is 13.2 Å². The molecule has 4 nitrogen and oxygen atoms in total. The first-order valence-electron chi connectivity index (χ1n) is 8.56. The number of hydrogen-bond acceptors (Lipinski definition) is 3. The third-order valence-corrected chi connectivity index (χ3v) is 3.56. The lowest BCUT2D eigenvalue weighted by atomic mass is 10.2. The summed E-state index contributed by atoms with van der Waals surface area (Å²) in [5, 5.41) is 9.03. The first-order valence-corrected chi connectivity index (χ1v) is 8.56. The van der Waals surface area contributed by atoms with Gasteiger partial charge < -0.3 is 9.47 Å². The summed E-state index contributed by atoms with van der Waals surface area (Å²) in [4.78, 5) is 3.27. The molecule has 0 aromatic heterocycles. The molecule has 0 spiro atoms. The van der Waals surface area contributed by atoms with E-state index in [0.717, 1.165) is 25.0 Å². The van der Waals surface area contributed by atoms with Crippen LogP contribution in [0, 0.1) is 5.39 Å². The van der Waals surface area contributed by atoms with Crippen molar-refractivity contribution in [3.63, 3.8) is 0 Å². The normalized spacial score (nSPS) is 10.2. The molecule has 1 aromatic carbocycles. The Morgan fingerprint density at radius 1 is 0.864 bits per heavy atom. The topological polar surface area (TPSA) is 46.6 Å². The van der Waals surface area contributed by atoms with Gasteiger partial charge in [-0.1, -0.05) is 52.4 Å². The van der Waals surface area contributed by atoms with E-state index in [1.807, 2.05) is 12.1 Å². The Balaban J connectivity index is 2.44. The quantitative estimate of drug-likeness (QED) is 0.347. The van der Waals surface area contributed by atoms with Gasteiger partial charge in [-0.2, -0.15) is 0 Å². The van der Waals surface area contributed by atoms with Gasteiger partial charge in [0, 0.05) is 12.1 Å². The minimum absolute atomic E-state index is 0.453. The number of diazo groups is 1. The summed E-state index contributed by atoms with van der Waals surface area (Å²) in [5.74, 6) is 1.36. The van der Waals surface area contributed by atoms with Gasteiger partial charge >= 0.3 is 5.69 Å². The SMILES string of the molecule is CCCCCCOc1ccc([N+]#N)c(OCCCCCC)c1. The Labute approximate surface area is 134 Å². The number of nitrogens with zero attached hydrogens (tertiary/aromatic N) is 2. The molecule has 0 unspecified atom stereocenters. The van der Waals surface area contributed by atoms with E-state index in [1.165, 1.54) is 32.1 Å². The van der Waals surface area contributed by atoms with Crippen LogP contribution in [0.2, 0.25) is 0 Å². The lowest BCUT2D eigenvalue weighted by molar-refractivity contribution is 0.291. The third kappa shape index (κ3) is 7.31. The Hall–Kier alpha value is -1.76. The zero-order valence-corrected chi connectivity index (χ0v) is 14.0. The van der Waals surface area contributed by atoms with Crippen LogP contribution in [0.4, 0.5) is 5.69 Å². The van der Waals surface area contributed by atoms with Crippen LogP contribution in [0.15, 0.2) is 18.2 Å². The van der Waals surface area contributed by atoms with E-state index >= 15 is 0 Å². The summed E-state index contributed by atoms with van der Waals surface area (Å²) < 4.78 is 11.5.